The predicted molar refractivity (Wildman–Crippen MR) is 75.0 cm³/mol. The van der Waals surface area contributed by atoms with Crippen LogP contribution in [0.25, 0.3) is 0 Å². The van der Waals surface area contributed by atoms with Crippen LogP contribution in [-0.2, 0) is 0 Å². The molecule has 0 bridgehead atoms. The molecule has 100 valence electrons. The molecule has 20 heavy (non-hydrogen) atoms. The summed E-state index contributed by atoms with van der Waals surface area (Å²) in [6, 6.07) is 12.9. The van der Waals surface area contributed by atoms with Gasteiger partial charge in [0.05, 0.1) is 0 Å². The first-order chi connectivity index (χ1) is 9.66. The van der Waals surface area contributed by atoms with E-state index in [1.165, 1.54) is 6.07 Å². The first-order valence-electron chi connectivity index (χ1n) is 5.99. The molecule has 2 aromatic rings. The fourth-order valence-corrected chi connectivity index (χ4v) is 1.62. The van der Waals surface area contributed by atoms with E-state index in [2.05, 4.69) is 11.8 Å². The zero-order valence-corrected chi connectivity index (χ0v) is 10.6. The van der Waals surface area contributed by atoms with E-state index in [9.17, 15) is 4.39 Å². The summed E-state index contributed by atoms with van der Waals surface area (Å²) < 4.78 is 18.4. The molecule has 0 radical (unpaired) electrons. The lowest BCUT2D eigenvalue weighted by atomic mass is 9.79. The number of benzene rings is 2. The standard InChI is InChI=1S/C15H12BFO3/c17-13-8-9-14(16(18)19)15(11-13)20-10-4-7-12-5-2-1-3-6-12/h1-3,5-6,8-9,11,18-19H,10H2. The lowest BCUT2D eigenvalue weighted by Crippen LogP contribution is -2.31. The second kappa shape index (κ2) is 6.76. The lowest BCUT2D eigenvalue weighted by molar-refractivity contribution is 0.366. The van der Waals surface area contributed by atoms with Crippen molar-refractivity contribution in [1.29, 1.82) is 0 Å². The van der Waals surface area contributed by atoms with E-state index >= 15 is 0 Å². The molecule has 0 aliphatic carbocycles. The molecular formula is C15H12BFO3. The highest BCUT2D eigenvalue weighted by Gasteiger charge is 2.17. The molecule has 0 fully saturated rings. The molecule has 0 aliphatic heterocycles. The van der Waals surface area contributed by atoms with E-state index in [-0.39, 0.29) is 17.8 Å². The van der Waals surface area contributed by atoms with Gasteiger partial charge in [0.2, 0.25) is 0 Å². The van der Waals surface area contributed by atoms with Gasteiger partial charge in [-0.05, 0) is 18.2 Å². The van der Waals surface area contributed by atoms with Crippen molar-refractivity contribution in [2.75, 3.05) is 6.61 Å². The van der Waals surface area contributed by atoms with Crippen molar-refractivity contribution in [3.8, 4) is 17.6 Å². The fraction of sp³-hybridized carbons (Fsp3) is 0.0667. The molecule has 0 heterocycles. The van der Waals surface area contributed by atoms with Crippen LogP contribution < -0.4 is 10.2 Å². The number of hydrogen-bond acceptors (Lipinski definition) is 3. The van der Waals surface area contributed by atoms with Crippen molar-refractivity contribution < 1.29 is 19.2 Å². The van der Waals surface area contributed by atoms with Crippen molar-refractivity contribution in [1.82, 2.24) is 0 Å². The van der Waals surface area contributed by atoms with Crippen LogP contribution in [0.1, 0.15) is 5.56 Å². The lowest BCUT2D eigenvalue weighted by Gasteiger charge is -2.08. The summed E-state index contributed by atoms with van der Waals surface area (Å²) in [6.07, 6.45) is 0. The number of rotatable bonds is 3. The highest BCUT2D eigenvalue weighted by Crippen LogP contribution is 2.10. The molecule has 0 unspecified atom stereocenters. The molecule has 0 amide bonds. The van der Waals surface area contributed by atoms with Crippen molar-refractivity contribution in [2.24, 2.45) is 0 Å². The summed E-state index contributed by atoms with van der Waals surface area (Å²) in [5.74, 6) is 5.22. The van der Waals surface area contributed by atoms with Gasteiger partial charge in [-0.25, -0.2) is 4.39 Å². The van der Waals surface area contributed by atoms with Crippen molar-refractivity contribution in [2.45, 2.75) is 0 Å². The average molecular weight is 270 g/mol. The zero-order valence-electron chi connectivity index (χ0n) is 10.6. The summed E-state index contributed by atoms with van der Waals surface area (Å²) in [7, 11) is -1.72. The smallest absolute Gasteiger partial charge is 0.481 e. The van der Waals surface area contributed by atoms with Crippen LogP contribution >= 0.6 is 0 Å². The van der Waals surface area contributed by atoms with Crippen LogP contribution in [-0.4, -0.2) is 23.8 Å². The Bertz CT molecular complexity index is 633. The highest BCUT2D eigenvalue weighted by molar-refractivity contribution is 6.59. The Labute approximate surface area is 116 Å². The zero-order chi connectivity index (χ0) is 14.4. The summed E-state index contributed by atoms with van der Waals surface area (Å²) in [6.45, 7) is 0.0259. The molecule has 0 atom stereocenters. The van der Waals surface area contributed by atoms with Gasteiger partial charge in [0.1, 0.15) is 18.2 Å². The van der Waals surface area contributed by atoms with Gasteiger partial charge in [-0.2, -0.15) is 0 Å². The maximum absolute atomic E-state index is 13.1. The Kier molecular flexibility index (Phi) is 4.77. The molecule has 0 aliphatic rings. The first-order valence-corrected chi connectivity index (χ1v) is 5.99. The molecule has 0 spiro atoms. The summed E-state index contributed by atoms with van der Waals surface area (Å²) in [5, 5.41) is 18.3. The van der Waals surface area contributed by atoms with Gasteiger partial charge >= 0.3 is 7.12 Å². The van der Waals surface area contributed by atoms with Gasteiger partial charge in [0.25, 0.3) is 0 Å². The van der Waals surface area contributed by atoms with Crippen LogP contribution in [0.4, 0.5) is 4.39 Å². The Morgan fingerprint density at radius 2 is 1.85 bits per heavy atom. The van der Waals surface area contributed by atoms with Gasteiger partial charge in [-0.15, -0.1) is 0 Å². The Morgan fingerprint density at radius 1 is 1.10 bits per heavy atom. The maximum Gasteiger partial charge on any atom is 0.492 e. The van der Waals surface area contributed by atoms with E-state index in [1.54, 1.807) is 0 Å². The molecule has 3 nitrogen and oxygen atoms in total. The van der Waals surface area contributed by atoms with Crippen LogP contribution in [0.15, 0.2) is 48.5 Å². The summed E-state index contributed by atoms with van der Waals surface area (Å²) in [5.41, 5.74) is 0.950. The third-order valence-electron chi connectivity index (χ3n) is 2.56. The van der Waals surface area contributed by atoms with Crippen molar-refractivity contribution >= 4 is 12.6 Å². The third-order valence-corrected chi connectivity index (χ3v) is 2.56. The Balaban J connectivity index is 2.05. The third kappa shape index (κ3) is 3.85. The first kappa shape index (κ1) is 14.1. The monoisotopic (exact) mass is 270 g/mol. The van der Waals surface area contributed by atoms with Gasteiger partial charge in [-0.3, -0.25) is 0 Å². The van der Waals surface area contributed by atoms with Gasteiger partial charge in [-0.1, -0.05) is 36.1 Å². The molecule has 5 heteroatoms. The predicted octanol–water partition coefficient (Wildman–Crippen LogP) is 0.936. The van der Waals surface area contributed by atoms with E-state index < -0.39 is 12.9 Å². The number of ether oxygens (including phenoxy) is 1. The molecule has 0 aromatic heterocycles. The molecule has 2 aromatic carbocycles. The SMILES string of the molecule is OB(O)c1ccc(F)cc1OCC#Cc1ccccc1. The minimum Gasteiger partial charge on any atom is -0.481 e. The molecular weight excluding hydrogens is 258 g/mol. The quantitative estimate of drug-likeness (QED) is 0.644. The van der Waals surface area contributed by atoms with Crippen LogP contribution in [0.2, 0.25) is 0 Å². The summed E-state index contributed by atoms with van der Waals surface area (Å²) in [4.78, 5) is 0. The highest BCUT2D eigenvalue weighted by atomic mass is 19.1. The summed E-state index contributed by atoms with van der Waals surface area (Å²) >= 11 is 0. The van der Waals surface area contributed by atoms with Crippen LogP contribution in [0.3, 0.4) is 0 Å². The molecule has 2 N–H and O–H groups in total. The van der Waals surface area contributed by atoms with Gasteiger partial charge in [0, 0.05) is 17.1 Å². The molecule has 0 saturated carbocycles. The van der Waals surface area contributed by atoms with E-state index in [1.807, 2.05) is 30.3 Å². The van der Waals surface area contributed by atoms with Crippen LogP contribution in [0, 0.1) is 17.7 Å². The molecule has 2 rings (SSSR count). The Morgan fingerprint density at radius 3 is 2.55 bits per heavy atom. The van der Waals surface area contributed by atoms with Gasteiger partial charge < -0.3 is 14.8 Å². The van der Waals surface area contributed by atoms with Gasteiger partial charge in [0.15, 0.2) is 0 Å². The Hall–Kier alpha value is -2.29. The fourth-order valence-electron chi connectivity index (χ4n) is 1.62. The van der Waals surface area contributed by atoms with E-state index in [4.69, 9.17) is 14.8 Å². The van der Waals surface area contributed by atoms with Crippen molar-refractivity contribution in [3.05, 3.63) is 59.9 Å². The topological polar surface area (TPSA) is 49.7 Å². The minimum absolute atomic E-state index is 0.0259. The normalized spacial score (nSPS) is 9.55. The van der Waals surface area contributed by atoms with Crippen LogP contribution in [0.5, 0.6) is 5.75 Å². The second-order valence-corrected chi connectivity index (χ2v) is 4.01. The average Bonchev–Trinajstić information content (AvgIpc) is 2.44. The largest absolute Gasteiger partial charge is 0.492 e. The number of hydrogen-bond donors (Lipinski definition) is 2. The second-order valence-electron chi connectivity index (χ2n) is 4.01. The minimum atomic E-state index is -1.72. The number of halogens is 1. The van der Waals surface area contributed by atoms with E-state index in [0.29, 0.717) is 0 Å². The van der Waals surface area contributed by atoms with Crippen molar-refractivity contribution in [3.63, 3.8) is 0 Å². The molecule has 0 saturated heterocycles. The van der Waals surface area contributed by atoms with E-state index in [0.717, 1.165) is 17.7 Å². The maximum atomic E-state index is 13.1.